The lowest BCUT2D eigenvalue weighted by Crippen LogP contribution is -2.52. The molecule has 2 aliphatic rings. The molecule has 0 spiro atoms. The summed E-state index contributed by atoms with van der Waals surface area (Å²) < 4.78 is 0. The summed E-state index contributed by atoms with van der Waals surface area (Å²) in [4.78, 5) is 24.1. The van der Waals surface area contributed by atoms with Crippen LogP contribution in [0.1, 0.15) is 44.2 Å². The number of aliphatic hydroxyl groups is 1. The lowest BCUT2D eigenvalue weighted by Gasteiger charge is -2.42. The molecule has 3 heterocycles. The Morgan fingerprint density at radius 2 is 1.96 bits per heavy atom. The van der Waals surface area contributed by atoms with Gasteiger partial charge < -0.3 is 14.9 Å². The summed E-state index contributed by atoms with van der Waals surface area (Å²) in [6.45, 7) is 5.62. The summed E-state index contributed by atoms with van der Waals surface area (Å²) in [5.74, 6) is 0.589. The lowest BCUT2D eigenvalue weighted by atomic mass is 9.88. The molecule has 6 heteroatoms. The smallest absolute Gasteiger partial charge is 0.219 e. The van der Waals surface area contributed by atoms with Crippen LogP contribution in [0.25, 0.3) is 0 Å². The zero-order valence-corrected chi connectivity index (χ0v) is 13.8. The minimum atomic E-state index is -0.647. The molecule has 0 aromatic carbocycles. The van der Waals surface area contributed by atoms with Gasteiger partial charge in [0, 0.05) is 51.1 Å². The molecule has 1 amide bonds. The molecule has 2 saturated heterocycles. The molecular weight excluding hydrogens is 292 g/mol. The first-order chi connectivity index (χ1) is 11.1. The van der Waals surface area contributed by atoms with E-state index >= 15 is 0 Å². The Hall–Kier alpha value is -1.53. The first-order valence-electron chi connectivity index (χ1n) is 8.52. The summed E-state index contributed by atoms with van der Waals surface area (Å²) >= 11 is 0. The van der Waals surface area contributed by atoms with Gasteiger partial charge in [0.15, 0.2) is 0 Å². The second-order valence-electron chi connectivity index (χ2n) is 6.91. The highest BCUT2D eigenvalue weighted by Gasteiger charge is 2.35. The van der Waals surface area contributed by atoms with E-state index in [9.17, 15) is 9.90 Å². The first kappa shape index (κ1) is 16.3. The third kappa shape index (κ3) is 4.06. The average molecular weight is 318 g/mol. The highest BCUT2D eigenvalue weighted by molar-refractivity contribution is 5.73. The van der Waals surface area contributed by atoms with Gasteiger partial charge in [0.05, 0.1) is 11.3 Å². The lowest BCUT2D eigenvalue weighted by molar-refractivity contribution is -0.133. The number of amides is 1. The van der Waals surface area contributed by atoms with Gasteiger partial charge in [0.25, 0.3) is 0 Å². The predicted molar refractivity (Wildman–Crippen MR) is 86.9 cm³/mol. The standard InChI is InChI=1S/C17H26N4O2/c1-14(22)21-10-4-17(23,5-11-21)13-20-8-2-15(3-9-20)16-12-18-6-7-19-16/h6-7,12,15,23H,2-5,8-11,13H2,1H3. The third-order valence-corrected chi connectivity index (χ3v) is 5.25. The van der Waals surface area contributed by atoms with Gasteiger partial charge in [-0.05, 0) is 38.8 Å². The maximum atomic E-state index is 11.4. The van der Waals surface area contributed by atoms with Gasteiger partial charge in [0.2, 0.25) is 5.91 Å². The van der Waals surface area contributed by atoms with Crippen molar-refractivity contribution in [3.8, 4) is 0 Å². The van der Waals surface area contributed by atoms with Crippen LogP contribution in [0.15, 0.2) is 18.6 Å². The number of nitrogens with zero attached hydrogens (tertiary/aromatic N) is 4. The molecule has 1 N–H and O–H groups in total. The topological polar surface area (TPSA) is 69.6 Å². The number of carbonyl (C=O) groups is 1. The molecule has 126 valence electrons. The van der Waals surface area contributed by atoms with Crippen LogP contribution in [-0.4, -0.2) is 69.1 Å². The fourth-order valence-corrected chi connectivity index (χ4v) is 3.72. The Labute approximate surface area is 137 Å². The van der Waals surface area contributed by atoms with Crippen molar-refractivity contribution >= 4 is 5.91 Å². The largest absolute Gasteiger partial charge is 0.388 e. The van der Waals surface area contributed by atoms with Crippen LogP contribution in [-0.2, 0) is 4.79 Å². The van der Waals surface area contributed by atoms with Gasteiger partial charge in [-0.15, -0.1) is 0 Å². The molecule has 23 heavy (non-hydrogen) atoms. The molecule has 0 radical (unpaired) electrons. The van der Waals surface area contributed by atoms with Crippen molar-refractivity contribution in [2.45, 2.75) is 44.1 Å². The number of rotatable bonds is 3. The molecule has 1 aromatic rings. The Morgan fingerprint density at radius 1 is 1.26 bits per heavy atom. The van der Waals surface area contributed by atoms with Gasteiger partial charge in [-0.3, -0.25) is 14.8 Å². The molecule has 0 saturated carbocycles. The van der Waals surface area contributed by atoms with Crippen LogP contribution in [0.2, 0.25) is 0 Å². The fraction of sp³-hybridized carbons (Fsp3) is 0.706. The van der Waals surface area contributed by atoms with Crippen LogP contribution in [0.4, 0.5) is 0 Å². The monoisotopic (exact) mass is 318 g/mol. The van der Waals surface area contributed by atoms with Crippen molar-refractivity contribution in [2.75, 3.05) is 32.7 Å². The summed E-state index contributed by atoms with van der Waals surface area (Å²) in [5.41, 5.74) is 0.436. The van der Waals surface area contributed by atoms with E-state index in [1.165, 1.54) is 0 Å². The van der Waals surface area contributed by atoms with E-state index in [1.54, 1.807) is 19.3 Å². The minimum Gasteiger partial charge on any atom is -0.388 e. The minimum absolute atomic E-state index is 0.108. The van der Waals surface area contributed by atoms with Crippen LogP contribution in [0, 0.1) is 0 Å². The van der Waals surface area contributed by atoms with E-state index in [1.807, 2.05) is 11.1 Å². The molecule has 0 aliphatic carbocycles. The zero-order chi connectivity index (χ0) is 16.3. The SMILES string of the molecule is CC(=O)N1CCC(O)(CN2CCC(c3cnccn3)CC2)CC1. The predicted octanol–water partition coefficient (Wildman–Crippen LogP) is 1.03. The van der Waals surface area contributed by atoms with Gasteiger partial charge in [-0.25, -0.2) is 0 Å². The molecule has 0 atom stereocenters. The number of likely N-dealkylation sites (tertiary alicyclic amines) is 2. The van der Waals surface area contributed by atoms with E-state index < -0.39 is 5.60 Å². The van der Waals surface area contributed by atoms with Crippen molar-refractivity contribution in [1.29, 1.82) is 0 Å². The van der Waals surface area contributed by atoms with E-state index in [2.05, 4.69) is 14.9 Å². The number of β-amino-alcohol motifs (C(OH)–C–C–N with tert-alkyl or cyclic N) is 1. The molecular formula is C17H26N4O2. The van der Waals surface area contributed by atoms with E-state index in [0.29, 0.717) is 38.4 Å². The molecule has 0 unspecified atom stereocenters. The van der Waals surface area contributed by atoms with Crippen molar-refractivity contribution in [3.63, 3.8) is 0 Å². The quantitative estimate of drug-likeness (QED) is 0.901. The van der Waals surface area contributed by atoms with Crippen LogP contribution < -0.4 is 0 Å². The van der Waals surface area contributed by atoms with E-state index in [0.717, 1.165) is 31.6 Å². The second kappa shape index (κ2) is 6.93. The van der Waals surface area contributed by atoms with Gasteiger partial charge in [-0.1, -0.05) is 0 Å². The number of hydrogen-bond acceptors (Lipinski definition) is 5. The molecule has 1 aromatic heterocycles. The van der Waals surface area contributed by atoms with Crippen molar-refractivity contribution < 1.29 is 9.90 Å². The van der Waals surface area contributed by atoms with Crippen molar-refractivity contribution in [3.05, 3.63) is 24.3 Å². The maximum Gasteiger partial charge on any atom is 0.219 e. The summed E-state index contributed by atoms with van der Waals surface area (Å²) in [6.07, 6.45) is 8.82. The van der Waals surface area contributed by atoms with Crippen LogP contribution in [0.3, 0.4) is 0 Å². The maximum absolute atomic E-state index is 11.4. The third-order valence-electron chi connectivity index (χ3n) is 5.25. The Balaban J connectivity index is 1.48. The van der Waals surface area contributed by atoms with E-state index in [-0.39, 0.29) is 5.91 Å². The number of carbonyl (C=O) groups excluding carboxylic acids is 1. The highest BCUT2D eigenvalue weighted by atomic mass is 16.3. The number of aromatic nitrogens is 2. The Morgan fingerprint density at radius 3 is 2.52 bits per heavy atom. The first-order valence-corrected chi connectivity index (χ1v) is 8.52. The molecule has 6 nitrogen and oxygen atoms in total. The molecule has 2 aliphatic heterocycles. The van der Waals surface area contributed by atoms with Gasteiger partial charge in [-0.2, -0.15) is 0 Å². The normalized spacial score (nSPS) is 23.0. The van der Waals surface area contributed by atoms with Crippen molar-refractivity contribution in [2.24, 2.45) is 0 Å². The summed E-state index contributed by atoms with van der Waals surface area (Å²) in [7, 11) is 0. The van der Waals surface area contributed by atoms with Gasteiger partial charge >= 0.3 is 0 Å². The molecule has 3 rings (SSSR count). The average Bonchev–Trinajstić information content (AvgIpc) is 2.56. The second-order valence-corrected chi connectivity index (χ2v) is 6.91. The summed E-state index contributed by atoms with van der Waals surface area (Å²) in [6, 6.07) is 0. The van der Waals surface area contributed by atoms with Crippen molar-refractivity contribution in [1.82, 2.24) is 19.8 Å². The Bertz CT molecular complexity index is 521. The Kier molecular flexibility index (Phi) is 4.92. The zero-order valence-electron chi connectivity index (χ0n) is 13.8. The van der Waals surface area contributed by atoms with E-state index in [4.69, 9.17) is 0 Å². The van der Waals surface area contributed by atoms with Crippen LogP contribution in [0.5, 0.6) is 0 Å². The van der Waals surface area contributed by atoms with Crippen LogP contribution >= 0.6 is 0 Å². The molecule has 2 fully saturated rings. The number of hydrogen-bond donors (Lipinski definition) is 1. The van der Waals surface area contributed by atoms with Gasteiger partial charge in [0.1, 0.15) is 0 Å². The summed E-state index contributed by atoms with van der Waals surface area (Å²) in [5, 5.41) is 10.8. The highest BCUT2D eigenvalue weighted by Crippen LogP contribution is 2.29. The molecule has 0 bridgehead atoms. The fourth-order valence-electron chi connectivity index (χ4n) is 3.72. The number of piperidine rings is 2.